The second kappa shape index (κ2) is 6.99. The Bertz CT molecular complexity index is 445. The van der Waals surface area contributed by atoms with E-state index in [0.29, 0.717) is 12.0 Å². The number of hydrogen-bond donors (Lipinski definition) is 3. The molecule has 1 aliphatic carbocycles. The van der Waals surface area contributed by atoms with Crippen LogP contribution in [0, 0.1) is 0 Å². The zero-order chi connectivity index (χ0) is 15.3. The Morgan fingerprint density at radius 2 is 1.50 bits per heavy atom. The molecular weight excluding hydrogens is 266 g/mol. The molecule has 0 heterocycles. The number of aliphatic hydroxyl groups excluding tert-OH is 2. The number of carbonyl (C=O) groups is 2. The summed E-state index contributed by atoms with van der Waals surface area (Å²) in [5.41, 5.74) is 7.10. The predicted octanol–water partition coefficient (Wildman–Crippen LogP) is -3.29. The minimum atomic E-state index is -2.44. The van der Waals surface area contributed by atoms with Crippen molar-refractivity contribution in [3.05, 3.63) is 35.9 Å². The first-order chi connectivity index (χ1) is 9.34. The summed E-state index contributed by atoms with van der Waals surface area (Å²) in [5.74, 6) is -3.46. The number of nitrogens with two attached hydrogens (primary N) is 1. The van der Waals surface area contributed by atoms with Crippen molar-refractivity contribution in [3.8, 4) is 0 Å². The molecule has 4 atom stereocenters. The highest BCUT2D eigenvalue weighted by Crippen LogP contribution is 2.38. The van der Waals surface area contributed by atoms with Crippen LogP contribution in [0.4, 0.5) is 0 Å². The number of rotatable bonds is 4. The molecule has 1 saturated carbocycles. The van der Waals surface area contributed by atoms with Crippen molar-refractivity contribution in [3.63, 3.8) is 0 Å². The zero-order valence-electron chi connectivity index (χ0n) is 10.5. The van der Waals surface area contributed by atoms with E-state index in [9.17, 15) is 19.8 Å². The maximum absolute atomic E-state index is 9.63. The van der Waals surface area contributed by atoms with Crippen LogP contribution in [0.2, 0.25) is 0 Å². The number of aliphatic carboxylic acids is 2. The minimum Gasteiger partial charge on any atom is -0.547 e. The first-order valence-electron chi connectivity index (χ1n) is 5.93. The van der Waals surface area contributed by atoms with Gasteiger partial charge in [-0.15, -0.1) is 0 Å². The van der Waals surface area contributed by atoms with Crippen molar-refractivity contribution in [1.82, 2.24) is 0 Å². The standard InChI is InChI=1S/C9H11N.C4H6O6/c10-9-6-8(9)7-4-2-1-3-5-7;5-1(3(7)8)2(6)4(9)10/h1-5,8-9H,6,10H2;1-2,5-6H,(H,7,8)(H,9,10)/p-2/t8-,9+;1-,2-/m01/s1. The third-order valence-electron chi connectivity index (χ3n) is 2.85. The van der Waals surface area contributed by atoms with Gasteiger partial charge in [-0.3, -0.25) is 0 Å². The van der Waals surface area contributed by atoms with Crippen LogP contribution in [0.3, 0.4) is 0 Å². The maximum Gasteiger partial charge on any atom is 0.124 e. The van der Waals surface area contributed by atoms with Crippen LogP contribution in [0.25, 0.3) is 0 Å². The van der Waals surface area contributed by atoms with Gasteiger partial charge in [-0.1, -0.05) is 30.3 Å². The smallest absolute Gasteiger partial charge is 0.124 e. The summed E-state index contributed by atoms with van der Waals surface area (Å²) >= 11 is 0. The van der Waals surface area contributed by atoms with Crippen molar-refractivity contribution in [2.24, 2.45) is 5.73 Å². The number of benzene rings is 1. The summed E-state index contributed by atoms with van der Waals surface area (Å²) in [6.07, 6.45) is -3.71. The first kappa shape index (κ1) is 16.1. The lowest BCUT2D eigenvalue weighted by Crippen LogP contribution is -2.51. The van der Waals surface area contributed by atoms with Gasteiger partial charge in [0, 0.05) is 12.0 Å². The van der Waals surface area contributed by atoms with Gasteiger partial charge in [0.1, 0.15) is 12.2 Å². The van der Waals surface area contributed by atoms with Gasteiger partial charge in [0.2, 0.25) is 0 Å². The molecule has 0 spiro atoms. The van der Waals surface area contributed by atoms with E-state index in [2.05, 4.69) is 24.3 Å². The average molecular weight is 281 g/mol. The predicted molar refractivity (Wildman–Crippen MR) is 63.8 cm³/mol. The van der Waals surface area contributed by atoms with Crippen LogP contribution < -0.4 is 15.9 Å². The molecule has 20 heavy (non-hydrogen) atoms. The normalized spacial score (nSPS) is 22.9. The molecule has 0 bridgehead atoms. The molecule has 1 fully saturated rings. The fraction of sp³-hybridized carbons (Fsp3) is 0.385. The summed E-state index contributed by atoms with van der Waals surface area (Å²) in [4.78, 5) is 19.3. The Balaban J connectivity index is 0.000000200. The molecule has 0 saturated heterocycles. The van der Waals surface area contributed by atoms with Gasteiger partial charge in [0.25, 0.3) is 0 Å². The van der Waals surface area contributed by atoms with Gasteiger partial charge in [-0.05, 0) is 12.0 Å². The fourth-order valence-corrected chi connectivity index (χ4v) is 1.56. The molecule has 2 rings (SSSR count). The van der Waals surface area contributed by atoms with Crippen LogP contribution in [0.1, 0.15) is 17.9 Å². The molecule has 1 aromatic rings. The van der Waals surface area contributed by atoms with E-state index in [-0.39, 0.29) is 0 Å². The van der Waals surface area contributed by atoms with E-state index >= 15 is 0 Å². The quantitative estimate of drug-likeness (QED) is 0.524. The number of aliphatic hydroxyl groups is 2. The molecule has 0 amide bonds. The van der Waals surface area contributed by atoms with Crippen LogP contribution >= 0.6 is 0 Å². The molecular formula is C13H15NO6-2. The SMILES string of the molecule is N[C@@H]1C[C@H]1c1ccccc1.O=C([O-])[C@H](O)[C@@H](O)C(=O)[O-]. The number of carbonyl (C=O) groups excluding carboxylic acids is 2. The van der Waals surface area contributed by atoms with Crippen molar-refractivity contribution in [2.45, 2.75) is 30.6 Å². The van der Waals surface area contributed by atoms with Crippen molar-refractivity contribution in [1.29, 1.82) is 0 Å². The van der Waals surface area contributed by atoms with Crippen LogP contribution in [-0.4, -0.2) is 40.4 Å². The highest BCUT2D eigenvalue weighted by Gasteiger charge is 2.34. The molecule has 7 nitrogen and oxygen atoms in total. The lowest BCUT2D eigenvalue weighted by molar-refractivity contribution is -0.333. The minimum absolute atomic E-state index is 0.433. The third kappa shape index (κ3) is 4.61. The molecule has 1 aromatic carbocycles. The molecule has 1 aliphatic rings. The molecule has 0 aromatic heterocycles. The average Bonchev–Trinajstić information content (AvgIpc) is 3.15. The Labute approximate surface area is 115 Å². The lowest BCUT2D eigenvalue weighted by Gasteiger charge is -2.18. The maximum atomic E-state index is 9.63. The van der Waals surface area contributed by atoms with Crippen LogP contribution in [0.15, 0.2) is 30.3 Å². The Kier molecular flexibility index (Phi) is 5.63. The van der Waals surface area contributed by atoms with Gasteiger partial charge in [0.05, 0.1) is 11.9 Å². The molecule has 4 N–H and O–H groups in total. The summed E-state index contributed by atoms with van der Waals surface area (Å²) < 4.78 is 0. The van der Waals surface area contributed by atoms with Crippen molar-refractivity contribution >= 4 is 11.9 Å². The van der Waals surface area contributed by atoms with E-state index < -0.39 is 24.1 Å². The summed E-state index contributed by atoms with van der Waals surface area (Å²) in [7, 11) is 0. The molecule has 0 radical (unpaired) electrons. The van der Waals surface area contributed by atoms with Crippen molar-refractivity contribution < 1.29 is 30.0 Å². The Morgan fingerprint density at radius 3 is 1.80 bits per heavy atom. The molecule has 0 unspecified atom stereocenters. The van der Waals surface area contributed by atoms with Gasteiger partial charge >= 0.3 is 0 Å². The van der Waals surface area contributed by atoms with E-state index in [1.807, 2.05) is 6.07 Å². The number of carboxylic acids is 2. The second-order valence-corrected chi connectivity index (χ2v) is 4.44. The zero-order valence-corrected chi connectivity index (χ0v) is 10.5. The van der Waals surface area contributed by atoms with E-state index in [0.717, 1.165) is 0 Å². The van der Waals surface area contributed by atoms with E-state index in [1.165, 1.54) is 12.0 Å². The largest absolute Gasteiger partial charge is 0.547 e. The number of hydrogen-bond acceptors (Lipinski definition) is 7. The van der Waals surface area contributed by atoms with Crippen LogP contribution in [-0.2, 0) is 9.59 Å². The monoisotopic (exact) mass is 281 g/mol. The van der Waals surface area contributed by atoms with Gasteiger partial charge in [-0.2, -0.15) is 0 Å². The Hall–Kier alpha value is -1.96. The van der Waals surface area contributed by atoms with Gasteiger partial charge in [-0.25, -0.2) is 0 Å². The Morgan fingerprint density at radius 1 is 1.10 bits per heavy atom. The molecule has 0 aliphatic heterocycles. The lowest BCUT2D eigenvalue weighted by atomic mass is 10.1. The number of carboxylic acid groups (broad SMARTS) is 2. The van der Waals surface area contributed by atoms with Gasteiger partial charge < -0.3 is 35.7 Å². The van der Waals surface area contributed by atoms with E-state index in [1.54, 1.807) is 0 Å². The highest BCUT2D eigenvalue weighted by molar-refractivity contribution is 5.80. The van der Waals surface area contributed by atoms with E-state index in [4.69, 9.17) is 15.9 Å². The second-order valence-electron chi connectivity index (χ2n) is 4.44. The van der Waals surface area contributed by atoms with Crippen LogP contribution in [0.5, 0.6) is 0 Å². The van der Waals surface area contributed by atoms with Crippen molar-refractivity contribution in [2.75, 3.05) is 0 Å². The summed E-state index contributed by atoms with van der Waals surface area (Å²) in [6.45, 7) is 0. The first-order valence-corrected chi connectivity index (χ1v) is 5.93. The summed E-state index contributed by atoms with van der Waals surface area (Å²) in [6, 6.07) is 10.9. The fourth-order valence-electron chi connectivity index (χ4n) is 1.56. The summed E-state index contributed by atoms with van der Waals surface area (Å²) in [5, 5.41) is 35.7. The highest BCUT2D eigenvalue weighted by atomic mass is 16.4. The molecule has 7 heteroatoms. The van der Waals surface area contributed by atoms with Gasteiger partial charge in [0.15, 0.2) is 0 Å². The molecule has 110 valence electrons. The topological polar surface area (TPSA) is 147 Å². The third-order valence-corrected chi connectivity index (χ3v) is 2.85.